The number of aromatic amines is 2. The number of carbonyl (C=O) groups is 1. The zero-order valence-electron chi connectivity index (χ0n) is 14.0. The smallest absolute Gasteiger partial charge is 0.475 e. The third-order valence-corrected chi connectivity index (χ3v) is 4.29. The zero-order valence-corrected chi connectivity index (χ0v) is 15.6. The Kier molecular flexibility index (Phi) is 4.98. The summed E-state index contributed by atoms with van der Waals surface area (Å²) in [5.41, 5.74) is 3.30. The van der Waals surface area contributed by atoms with Crippen LogP contribution in [0.2, 0.25) is 0 Å². The van der Waals surface area contributed by atoms with Gasteiger partial charge in [-0.15, -0.1) is 0 Å². The van der Waals surface area contributed by atoms with Gasteiger partial charge in [0, 0.05) is 29.6 Å². The number of hydrogen-bond donors (Lipinski definition) is 3. The number of benzene rings is 1. The summed E-state index contributed by atoms with van der Waals surface area (Å²) in [7, 11) is 1.87. The Balaban J connectivity index is 0.000000279. The Bertz CT molecular complexity index is 1240. The number of alkyl halides is 3. The number of aliphatic carboxylic acids is 1. The molecule has 4 aromatic rings. The molecular formula is C16H11BrF3N5O3. The van der Waals surface area contributed by atoms with E-state index in [0.29, 0.717) is 4.47 Å². The molecule has 0 atom stereocenters. The highest BCUT2D eigenvalue weighted by molar-refractivity contribution is 9.10. The van der Waals surface area contributed by atoms with E-state index in [9.17, 15) is 18.0 Å². The molecule has 0 radical (unpaired) electrons. The van der Waals surface area contributed by atoms with Crippen LogP contribution in [0.5, 0.6) is 0 Å². The lowest BCUT2D eigenvalue weighted by molar-refractivity contribution is -0.192. The molecule has 0 aliphatic carbocycles. The van der Waals surface area contributed by atoms with Gasteiger partial charge in [0.1, 0.15) is 5.69 Å². The third kappa shape index (κ3) is 3.91. The van der Waals surface area contributed by atoms with Crippen molar-refractivity contribution < 1.29 is 23.1 Å². The van der Waals surface area contributed by atoms with E-state index in [-0.39, 0.29) is 5.56 Å². The van der Waals surface area contributed by atoms with Crippen LogP contribution in [-0.4, -0.2) is 42.2 Å². The standard InChI is InChI=1S/C14H10BrN5O.C2HF3O2/c1-20-6-8(5-16-20)13-9-2-7-3-10(15)14(21)17-11(7)4-12(9)18-19-13;3-2(4,5)1(6)7/h2-6H,1H3,(H,17,21)(H,18,19);(H,6,7). The summed E-state index contributed by atoms with van der Waals surface area (Å²) < 4.78 is 34.0. The van der Waals surface area contributed by atoms with Crippen LogP contribution >= 0.6 is 15.9 Å². The number of nitrogens with zero attached hydrogens (tertiary/aromatic N) is 3. The second kappa shape index (κ2) is 7.11. The number of pyridine rings is 1. The predicted octanol–water partition coefficient (Wildman–Crippen LogP) is 3.20. The lowest BCUT2D eigenvalue weighted by Crippen LogP contribution is -2.21. The fourth-order valence-electron chi connectivity index (χ4n) is 2.46. The lowest BCUT2D eigenvalue weighted by Gasteiger charge is -2.00. The molecule has 0 saturated heterocycles. The lowest BCUT2D eigenvalue weighted by atomic mass is 10.1. The molecule has 4 rings (SSSR count). The van der Waals surface area contributed by atoms with Crippen molar-refractivity contribution in [1.82, 2.24) is 25.0 Å². The Morgan fingerprint density at radius 2 is 1.93 bits per heavy atom. The molecule has 1 aromatic carbocycles. The highest BCUT2D eigenvalue weighted by atomic mass is 79.9. The first kappa shape index (κ1) is 19.6. The number of halogens is 4. The van der Waals surface area contributed by atoms with Crippen molar-refractivity contribution in [2.45, 2.75) is 6.18 Å². The number of fused-ring (bicyclic) bond motifs is 2. The minimum atomic E-state index is -5.08. The van der Waals surface area contributed by atoms with Crippen LogP contribution in [0.25, 0.3) is 33.1 Å². The molecule has 28 heavy (non-hydrogen) atoms. The van der Waals surface area contributed by atoms with Crippen molar-refractivity contribution in [2.75, 3.05) is 0 Å². The Morgan fingerprint density at radius 1 is 1.25 bits per heavy atom. The Labute approximate surface area is 162 Å². The number of aromatic nitrogens is 5. The molecule has 0 aliphatic heterocycles. The van der Waals surface area contributed by atoms with Crippen LogP contribution in [-0.2, 0) is 11.8 Å². The van der Waals surface area contributed by atoms with Gasteiger partial charge in [-0.3, -0.25) is 14.6 Å². The SMILES string of the molecule is Cn1cc(-c2n[nH]c3cc4[nH]c(=O)c(Br)cc4cc23)cn1.O=C(O)C(F)(F)F. The summed E-state index contributed by atoms with van der Waals surface area (Å²) in [5.74, 6) is -2.76. The van der Waals surface area contributed by atoms with E-state index in [1.165, 1.54) is 0 Å². The molecule has 0 spiro atoms. The number of nitrogens with one attached hydrogen (secondary N) is 2. The van der Waals surface area contributed by atoms with E-state index in [1.807, 2.05) is 31.4 Å². The van der Waals surface area contributed by atoms with Gasteiger partial charge >= 0.3 is 12.1 Å². The average molecular weight is 458 g/mol. The maximum atomic E-state index is 11.7. The van der Waals surface area contributed by atoms with Crippen molar-refractivity contribution in [3.8, 4) is 11.3 Å². The van der Waals surface area contributed by atoms with Crippen LogP contribution in [0.1, 0.15) is 0 Å². The predicted molar refractivity (Wildman–Crippen MR) is 97.8 cm³/mol. The van der Waals surface area contributed by atoms with Gasteiger partial charge in [-0.1, -0.05) is 0 Å². The van der Waals surface area contributed by atoms with Crippen molar-refractivity contribution in [1.29, 1.82) is 0 Å². The number of aryl methyl sites for hydroxylation is 1. The molecule has 12 heteroatoms. The van der Waals surface area contributed by atoms with E-state index in [4.69, 9.17) is 9.90 Å². The topological polar surface area (TPSA) is 117 Å². The third-order valence-electron chi connectivity index (χ3n) is 3.70. The summed E-state index contributed by atoms with van der Waals surface area (Å²) in [6.45, 7) is 0. The van der Waals surface area contributed by atoms with Crippen molar-refractivity contribution in [3.63, 3.8) is 0 Å². The maximum Gasteiger partial charge on any atom is 0.490 e. The fourth-order valence-corrected chi connectivity index (χ4v) is 2.80. The van der Waals surface area contributed by atoms with Crippen molar-refractivity contribution >= 4 is 43.7 Å². The summed E-state index contributed by atoms with van der Waals surface area (Å²) in [6, 6.07) is 5.72. The van der Waals surface area contributed by atoms with Crippen molar-refractivity contribution in [3.05, 3.63) is 45.4 Å². The van der Waals surface area contributed by atoms with Gasteiger partial charge in [-0.25, -0.2) is 4.79 Å². The maximum absolute atomic E-state index is 11.7. The molecule has 0 saturated carbocycles. The van der Waals surface area contributed by atoms with E-state index in [1.54, 1.807) is 10.9 Å². The Morgan fingerprint density at radius 3 is 2.50 bits per heavy atom. The van der Waals surface area contributed by atoms with Gasteiger partial charge in [0.05, 0.1) is 21.7 Å². The molecule has 8 nitrogen and oxygen atoms in total. The average Bonchev–Trinajstić information content (AvgIpc) is 3.19. The molecule has 0 aliphatic rings. The summed E-state index contributed by atoms with van der Waals surface area (Å²) >= 11 is 3.26. The number of hydrogen-bond acceptors (Lipinski definition) is 4. The van der Waals surface area contributed by atoms with Crippen molar-refractivity contribution in [2.24, 2.45) is 7.05 Å². The highest BCUT2D eigenvalue weighted by Gasteiger charge is 2.38. The summed E-state index contributed by atoms with van der Waals surface area (Å²) in [4.78, 5) is 23.4. The van der Waals surface area contributed by atoms with Gasteiger partial charge in [0.25, 0.3) is 5.56 Å². The molecular weight excluding hydrogens is 447 g/mol. The number of rotatable bonds is 1. The molecule has 3 heterocycles. The highest BCUT2D eigenvalue weighted by Crippen LogP contribution is 2.29. The first-order chi connectivity index (χ1) is 13.1. The molecule has 0 bridgehead atoms. The molecule has 0 unspecified atom stereocenters. The van der Waals surface area contributed by atoms with Gasteiger partial charge in [0.2, 0.25) is 0 Å². The van der Waals surface area contributed by atoms with E-state index in [2.05, 4.69) is 36.2 Å². The first-order valence-corrected chi connectivity index (χ1v) is 8.35. The second-order valence-electron chi connectivity index (χ2n) is 5.71. The first-order valence-electron chi connectivity index (χ1n) is 7.56. The molecule has 3 aromatic heterocycles. The number of H-pyrrole nitrogens is 2. The van der Waals surface area contributed by atoms with E-state index >= 15 is 0 Å². The monoisotopic (exact) mass is 457 g/mol. The number of carboxylic acids is 1. The van der Waals surface area contributed by atoms with Gasteiger partial charge in [-0.2, -0.15) is 23.4 Å². The molecule has 0 amide bonds. The summed E-state index contributed by atoms with van der Waals surface area (Å²) in [6.07, 6.45) is -1.38. The summed E-state index contributed by atoms with van der Waals surface area (Å²) in [5, 5.41) is 20.6. The van der Waals surface area contributed by atoms with Gasteiger partial charge in [-0.05, 0) is 34.1 Å². The number of carboxylic acid groups (broad SMARTS) is 1. The fraction of sp³-hybridized carbons (Fsp3) is 0.125. The molecule has 3 N–H and O–H groups in total. The van der Waals surface area contributed by atoms with E-state index in [0.717, 1.165) is 33.1 Å². The quantitative estimate of drug-likeness (QED) is 0.405. The second-order valence-corrected chi connectivity index (χ2v) is 6.56. The van der Waals surface area contributed by atoms with E-state index < -0.39 is 12.1 Å². The minimum absolute atomic E-state index is 0.145. The van der Waals surface area contributed by atoms with Gasteiger partial charge < -0.3 is 10.1 Å². The zero-order chi connectivity index (χ0) is 20.6. The van der Waals surface area contributed by atoms with Crippen LogP contribution in [0.4, 0.5) is 13.2 Å². The molecule has 146 valence electrons. The van der Waals surface area contributed by atoms with Crippen LogP contribution in [0.3, 0.4) is 0 Å². The largest absolute Gasteiger partial charge is 0.490 e. The molecule has 0 fully saturated rings. The van der Waals surface area contributed by atoms with Crippen LogP contribution in [0, 0.1) is 0 Å². The minimum Gasteiger partial charge on any atom is -0.475 e. The normalized spacial score (nSPS) is 11.5. The Hall–Kier alpha value is -3.15. The van der Waals surface area contributed by atoms with Gasteiger partial charge in [0.15, 0.2) is 0 Å². The van der Waals surface area contributed by atoms with Crippen LogP contribution in [0.15, 0.2) is 39.9 Å². The van der Waals surface area contributed by atoms with Crippen LogP contribution < -0.4 is 5.56 Å².